The van der Waals surface area contributed by atoms with Crippen LogP contribution in [0.3, 0.4) is 0 Å². The fraction of sp³-hybridized carbons (Fsp3) is 0.294. The largest absolute Gasteiger partial charge is 0.494 e. The molecular weight excluding hydrogens is 349 g/mol. The topological polar surface area (TPSA) is 73.9 Å². The molecule has 25 heavy (non-hydrogen) atoms. The van der Waals surface area contributed by atoms with Crippen LogP contribution < -0.4 is 18.9 Å². The maximum Gasteiger partial charge on any atom is 0.241 e. The van der Waals surface area contributed by atoms with Gasteiger partial charge in [0.2, 0.25) is 10.0 Å². The van der Waals surface area contributed by atoms with E-state index in [4.69, 9.17) is 14.2 Å². The van der Waals surface area contributed by atoms with Crippen LogP contribution in [0.1, 0.15) is 18.5 Å². The molecule has 8 heteroatoms. The van der Waals surface area contributed by atoms with E-state index in [1.165, 1.54) is 19.2 Å². The molecule has 0 spiro atoms. The van der Waals surface area contributed by atoms with Crippen LogP contribution in [0, 0.1) is 5.82 Å². The lowest BCUT2D eigenvalue weighted by Crippen LogP contribution is -2.27. The van der Waals surface area contributed by atoms with Gasteiger partial charge in [-0.3, -0.25) is 0 Å². The molecule has 2 aromatic rings. The highest BCUT2D eigenvalue weighted by atomic mass is 32.2. The van der Waals surface area contributed by atoms with E-state index in [0.717, 1.165) is 6.07 Å². The molecule has 2 aromatic carbocycles. The minimum atomic E-state index is -3.89. The molecule has 3 rings (SSSR count). The number of hydrogen-bond donors (Lipinski definition) is 1. The summed E-state index contributed by atoms with van der Waals surface area (Å²) in [5.74, 6) is 0.448. The fourth-order valence-electron chi connectivity index (χ4n) is 2.51. The van der Waals surface area contributed by atoms with Crippen LogP contribution in [0.15, 0.2) is 41.3 Å². The van der Waals surface area contributed by atoms with Gasteiger partial charge >= 0.3 is 0 Å². The van der Waals surface area contributed by atoms with Crippen molar-refractivity contribution in [1.82, 2.24) is 4.72 Å². The van der Waals surface area contributed by atoms with Gasteiger partial charge in [0.25, 0.3) is 0 Å². The number of rotatable bonds is 5. The van der Waals surface area contributed by atoms with Gasteiger partial charge in [-0.25, -0.2) is 17.5 Å². The molecule has 0 bridgehead atoms. The van der Waals surface area contributed by atoms with Crippen LogP contribution in [-0.4, -0.2) is 28.7 Å². The number of hydrogen-bond acceptors (Lipinski definition) is 5. The van der Waals surface area contributed by atoms with Crippen molar-refractivity contribution in [2.24, 2.45) is 0 Å². The summed E-state index contributed by atoms with van der Waals surface area (Å²) in [4.78, 5) is -0.171. The van der Waals surface area contributed by atoms with Crippen molar-refractivity contribution in [3.05, 3.63) is 47.8 Å². The molecule has 0 amide bonds. The van der Waals surface area contributed by atoms with Crippen molar-refractivity contribution in [3.63, 3.8) is 0 Å². The van der Waals surface area contributed by atoms with Crippen molar-refractivity contribution >= 4 is 10.0 Å². The molecule has 1 aliphatic rings. The minimum absolute atomic E-state index is 0.0150. The lowest BCUT2D eigenvalue weighted by molar-refractivity contribution is 0.171. The third-order valence-corrected chi connectivity index (χ3v) is 5.37. The Kier molecular flexibility index (Phi) is 4.82. The smallest absolute Gasteiger partial charge is 0.241 e. The zero-order valence-corrected chi connectivity index (χ0v) is 14.6. The van der Waals surface area contributed by atoms with Crippen LogP contribution in [0.5, 0.6) is 17.2 Å². The first-order valence-electron chi connectivity index (χ1n) is 7.66. The van der Waals surface area contributed by atoms with Crippen molar-refractivity contribution in [1.29, 1.82) is 0 Å². The molecule has 1 atom stereocenters. The average molecular weight is 367 g/mol. The molecule has 134 valence electrons. The summed E-state index contributed by atoms with van der Waals surface area (Å²) in [7, 11) is -2.58. The number of methoxy groups -OCH3 is 1. The fourth-order valence-corrected chi connectivity index (χ4v) is 3.76. The molecule has 0 radical (unpaired) electrons. The third kappa shape index (κ3) is 3.69. The Bertz CT molecular complexity index is 885. The van der Waals surface area contributed by atoms with Gasteiger partial charge in [-0.15, -0.1) is 0 Å². The first-order chi connectivity index (χ1) is 11.9. The summed E-state index contributed by atoms with van der Waals surface area (Å²) in [5, 5.41) is 0. The summed E-state index contributed by atoms with van der Waals surface area (Å²) in [5.41, 5.74) is 0.710. The highest BCUT2D eigenvalue weighted by Crippen LogP contribution is 2.33. The molecule has 1 heterocycles. The maximum atomic E-state index is 13.8. The number of fused-ring (bicyclic) bond motifs is 1. The van der Waals surface area contributed by atoms with Gasteiger partial charge in [-0.2, -0.15) is 0 Å². The lowest BCUT2D eigenvalue weighted by Gasteiger charge is -2.21. The Morgan fingerprint density at radius 3 is 2.52 bits per heavy atom. The quantitative estimate of drug-likeness (QED) is 0.879. The molecule has 0 saturated heterocycles. The average Bonchev–Trinajstić information content (AvgIpc) is 2.60. The van der Waals surface area contributed by atoms with Gasteiger partial charge in [0.15, 0.2) is 23.1 Å². The monoisotopic (exact) mass is 367 g/mol. The van der Waals surface area contributed by atoms with E-state index in [9.17, 15) is 12.8 Å². The molecular formula is C17H18FNO5S. The van der Waals surface area contributed by atoms with Gasteiger partial charge < -0.3 is 14.2 Å². The van der Waals surface area contributed by atoms with E-state index in [-0.39, 0.29) is 10.6 Å². The third-order valence-electron chi connectivity index (χ3n) is 3.83. The highest BCUT2D eigenvalue weighted by Gasteiger charge is 2.21. The zero-order chi connectivity index (χ0) is 18.0. The van der Waals surface area contributed by atoms with E-state index in [0.29, 0.717) is 30.3 Å². The molecule has 1 N–H and O–H groups in total. The van der Waals surface area contributed by atoms with Crippen molar-refractivity contribution in [3.8, 4) is 17.2 Å². The second kappa shape index (κ2) is 6.89. The van der Waals surface area contributed by atoms with E-state index >= 15 is 0 Å². The van der Waals surface area contributed by atoms with Crippen LogP contribution in [-0.2, 0) is 10.0 Å². The molecule has 0 unspecified atom stereocenters. The summed E-state index contributed by atoms with van der Waals surface area (Å²) in [6, 6.07) is 8.19. The molecule has 0 aromatic heterocycles. The van der Waals surface area contributed by atoms with Gasteiger partial charge in [-0.1, -0.05) is 6.07 Å². The molecule has 0 fully saturated rings. The highest BCUT2D eigenvalue weighted by molar-refractivity contribution is 7.89. The maximum absolute atomic E-state index is 13.8. The Labute approximate surface area is 145 Å². The summed E-state index contributed by atoms with van der Waals surface area (Å²) in [6.07, 6.45) is 0. The Balaban J connectivity index is 1.81. The normalized spacial score (nSPS) is 14.8. The van der Waals surface area contributed by atoms with Crippen LogP contribution >= 0.6 is 0 Å². The van der Waals surface area contributed by atoms with E-state index in [1.807, 2.05) is 0 Å². The zero-order valence-electron chi connectivity index (χ0n) is 13.8. The molecule has 1 aliphatic heterocycles. The number of ether oxygens (including phenoxy) is 3. The summed E-state index contributed by atoms with van der Waals surface area (Å²) >= 11 is 0. The summed E-state index contributed by atoms with van der Waals surface area (Å²) in [6.45, 7) is 2.63. The van der Waals surface area contributed by atoms with E-state index < -0.39 is 21.9 Å². The van der Waals surface area contributed by atoms with E-state index in [1.54, 1.807) is 25.1 Å². The minimum Gasteiger partial charge on any atom is -0.494 e. The number of sulfonamides is 1. The van der Waals surface area contributed by atoms with Crippen LogP contribution in [0.25, 0.3) is 0 Å². The van der Waals surface area contributed by atoms with Crippen LogP contribution in [0.2, 0.25) is 0 Å². The molecule has 0 aliphatic carbocycles. The first kappa shape index (κ1) is 17.5. The molecule has 0 saturated carbocycles. The summed E-state index contributed by atoms with van der Waals surface area (Å²) < 4.78 is 57.0. The molecule has 6 nitrogen and oxygen atoms in total. The van der Waals surface area contributed by atoms with Gasteiger partial charge in [0.1, 0.15) is 13.2 Å². The number of nitrogens with one attached hydrogen (secondary N) is 1. The van der Waals surface area contributed by atoms with Gasteiger partial charge in [0.05, 0.1) is 12.0 Å². The number of benzene rings is 2. The Morgan fingerprint density at radius 2 is 1.84 bits per heavy atom. The second-order valence-electron chi connectivity index (χ2n) is 5.54. The Morgan fingerprint density at radius 1 is 1.12 bits per heavy atom. The van der Waals surface area contributed by atoms with Gasteiger partial charge in [0, 0.05) is 6.04 Å². The van der Waals surface area contributed by atoms with Gasteiger partial charge in [-0.05, 0) is 42.8 Å². The Hall–Kier alpha value is -2.32. The SMILES string of the molecule is COc1ccc(S(=O)(=O)N[C@@H](C)c2ccc3c(c2)OCCO3)cc1F. The van der Waals surface area contributed by atoms with E-state index in [2.05, 4.69) is 4.72 Å². The van der Waals surface area contributed by atoms with Crippen molar-refractivity contribution < 1.29 is 27.0 Å². The van der Waals surface area contributed by atoms with Crippen molar-refractivity contribution in [2.75, 3.05) is 20.3 Å². The van der Waals surface area contributed by atoms with Crippen molar-refractivity contribution in [2.45, 2.75) is 17.9 Å². The number of halogens is 1. The predicted molar refractivity (Wildman–Crippen MR) is 89.1 cm³/mol. The lowest BCUT2D eigenvalue weighted by atomic mass is 10.1. The standard InChI is InChI=1S/C17H18FNO5S/c1-11(12-3-5-16-17(9-12)24-8-7-23-16)19-25(20,21)13-4-6-15(22-2)14(18)10-13/h3-6,9-11,19H,7-8H2,1-2H3/t11-/m0/s1. The van der Waals surface area contributed by atoms with Crippen LogP contribution in [0.4, 0.5) is 4.39 Å². The second-order valence-corrected chi connectivity index (χ2v) is 7.26. The predicted octanol–water partition coefficient (Wildman–Crippen LogP) is 2.65. The first-order valence-corrected chi connectivity index (χ1v) is 9.14.